The molecule has 3 aromatic heterocycles. The zero-order valence-corrected chi connectivity index (χ0v) is 18.0. The van der Waals surface area contributed by atoms with E-state index in [4.69, 9.17) is 4.74 Å². The quantitative estimate of drug-likeness (QED) is 0.449. The molecule has 0 aliphatic carbocycles. The molecule has 1 aliphatic rings. The summed E-state index contributed by atoms with van der Waals surface area (Å²) in [6.45, 7) is 0.425. The van der Waals surface area contributed by atoms with E-state index >= 15 is 0 Å². The molecule has 0 saturated heterocycles. The number of rotatable bonds is 3. The highest BCUT2D eigenvalue weighted by molar-refractivity contribution is 7.27. The fourth-order valence-corrected chi connectivity index (χ4v) is 4.72. The van der Waals surface area contributed by atoms with Gasteiger partial charge in [0.05, 0.1) is 24.7 Å². The van der Waals surface area contributed by atoms with Crippen molar-refractivity contribution >= 4 is 49.0 Å². The lowest BCUT2D eigenvalue weighted by atomic mass is 10.1. The Morgan fingerprint density at radius 1 is 1.37 bits per heavy atom. The number of hydrogen-bond acceptors (Lipinski definition) is 6. The van der Waals surface area contributed by atoms with Crippen molar-refractivity contribution in [1.29, 1.82) is 0 Å². The van der Waals surface area contributed by atoms with Gasteiger partial charge in [-0.3, -0.25) is 4.79 Å². The van der Waals surface area contributed by atoms with Gasteiger partial charge in [0, 0.05) is 42.0 Å². The van der Waals surface area contributed by atoms with Crippen LogP contribution in [0.15, 0.2) is 12.4 Å². The Labute approximate surface area is 175 Å². The Bertz CT molecular complexity index is 1170. The number of thiazole rings is 1. The van der Waals surface area contributed by atoms with Crippen LogP contribution in [0.5, 0.6) is 5.88 Å². The van der Waals surface area contributed by atoms with E-state index in [-0.39, 0.29) is 12.5 Å². The standard InChI is InChI=1S/C18H17F3N5O2PS/c1-25-14-13(15(28-2)23-8-22-14)9(16(25)29)3-4-12(27)26-6-5-10-11(7-26)30-17(24-10)18(19,20)21/h3-4,8H,5-7,29H2,1-2H3/b4-3+. The van der Waals surface area contributed by atoms with Gasteiger partial charge in [-0.15, -0.1) is 11.3 Å². The molecule has 30 heavy (non-hydrogen) atoms. The SMILES string of the molecule is COc1ncnc2c1c(/C=C/C(=O)N1CCc3nc(C(F)(F)F)sc3C1)c(P)n2C. The van der Waals surface area contributed by atoms with Gasteiger partial charge in [-0.25, -0.2) is 15.0 Å². The summed E-state index contributed by atoms with van der Waals surface area (Å²) in [6, 6.07) is 0. The molecule has 0 N–H and O–H groups in total. The molecular weight excluding hydrogens is 438 g/mol. The zero-order chi connectivity index (χ0) is 21.6. The van der Waals surface area contributed by atoms with Crippen LogP contribution >= 0.6 is 20.6 Å². The average Bonchev–Trinajstić information content (AvgIpc) is 3.26. The van der Waals surface area contributed by atoms with E-state index in [0.29, 0.717) is 51.8 Å². The van der Waals surface area contributed by atoms with E-state index in [1.54, 1.807) is 6.08 Å². The minimum atomic E-state index is -4.47. The third-order valence-electron chi connectivity index (χ3n) is 4.89. The Balaban J connectivity index is 1.60. The van der Waals surface area contributed by atoms with Gasteiger partial charge in [-0.05, 0) is 6.08 Å². The Morgan fingerprint density at radius 3 is 2.83 bits per heavy atom. The molecule has 4 heterocycles. The largest absolute Gasteiger partial charge is 0.480 e. The number of nitrogens with zero attached hydrogens (tertiary/aromatic N) is 5. The summed E-state index contributed by atoms with van der Waals surface area (Å²) in [5.74, 6) is 0.100. The summed E-state index contributed by atoms with van der Waals surface area (Å²) in [5.41, 5.74) is 2.60. The molecule has 1 unspecified atom stereocenters. The third-order valence-corrected chi connectivity index (χ3v) is 6.71. The Kier molecular flexibility index (Phi) is 5.27. The second kappa shape index (κ2) is 7.63. The predicted molar refractivity (Wildman–Crippen MR) is 110 cm³/mol. The molecule has 0 aromatic carbocycles. The lowest BCUT2D eigenvalue weighted by Crippen LogP contribution is -2.34. The van der Waals surface area contributed by atoms with Crippen molar-refractivity contribution in [2.24, 2.45) is 7.05 Å². The number of alkyl halides is 3. The second-order valence-electron chi connectivity index (χ2n) is 6.67. The summed E-state index contributed by atoms with van der Waals surface area (Å²) in [7, 11) is 5.95. The fourth-order valence-electron chi connectivity index (χ4n) is 3.36. The van der Waals surface area contributed by atoms with Crippen LogP contribution < -0.4 is 10.2 Å². The van der Waals surface area contributed by atoms with E-state index in [2.05, 4.69) is 24.2 Å². The topological polar surface area (TPSA) is 73.1 Å². The molecule has 3 aromatic rings. The zero-order valence-electron chi connectivity index (χ0n) is 16.0. The van der Waals surface area contributed by atoms with Crippen molar-refractivity contribution < 1.29 is 22.7 Å². The summed E-state index contributed by atoms with van der Waals surface area (Å²) < 4.78 is 45.9. The molecule has 0 saturated carbocycles. The van der Waals surface area contributed by atoms with Gasteiger partial charge in [0.1, 0.15) is 12.0 Å². The van der Waals surface area contributed by atoms with E-state index in [0.717, 1.165) is 11.0 Å². The monoisotopic (exact) mass is 455 g/mol. The van der Waals surface area contributed by atoms with Crippen LogP contribution in [0, 0.1) is 0 Å². The lowest BCUT2D eigenvalue weighted by Gasteiger charge is -2.24. The first-order chi connectivity index (χ1) is 14.2. The molecule has 158 valence electrons. The number of carbonyl (C=O) groups is 1. The number of hydrogen-bond donors (Lipinski definition) is 0. The molecule has 1 atom stereocenters. The maximum atomic E-state index is 12.9. The first-order valence-corrected chi connectivity index (χ1v) is 10.3. The van der Waals surface area contributed by atoms with E-state index in [9.17, 15) is 18.0 Å². The number of ether oxygens (including phenoxy) is 1. The Hall–Kier alpha value is -2.52. The molecule has 4 rings (SSSR count). The maximum Gasteiger partial charge on any atom is 0.443 e. The third kappa shape index (κ3) is 3.56. The van der Waals surface area contributed by atoms with Crippen LogP contribution in [-0.4, -0.2) is 44.0 Å². The molecule has 0 radical (unpaired) electrons. The summed E-state index contributed by atoms with van der Waals surface area (Å²) in [4.78, 5) is 26.8. The number of aryl methyl sites for hydroxylation is 1. The minimum Gasteiger partial charge on any atom is -0.480 e. The van der Waals surface area contributed by atoms with Crippen molar-refractivity contribution in [3.8, 4) is 5.88 Å². The first kappa shape index (κ1) is 20.7. The molecule has 1 aliphatic heterocycles. The van der Waals surface area contributed by atoms with Crippen LogP contribution in [0.3, 0.4) is 0 Å². The van der Waals surface area contributed by atoms with Crippen molar-refractivity contribution in [2.45, 2.75) is 19.1 Å². The summed E-state index contributed by atoms with van der Waals surface area (Å²) in [5, 5.41) is -0.192. The minimum absolute atomic E-state index is 0.113. The number of carbonyl (C=O) groups excluding carboxylic acids is 1. The van der Waals surface area contributed by atoms with Crippen LogP contribution in [-0.2, 0) is 31.0 Å². The van der Waals surface area contributed by atoms with Gasteiger partial charge in [0.25, 0.3) is 0 Å². The van der Waals surface area contributed by atoms with E-state index in [1.165, 1.54) is 24.4 Å². The molecule has 0 bridgehead atoms. The van der Waals surface area contributed by atoms with Gasteiger partial charge in [0.2, 0.25) is 11.8 Å². The number of amides is 1. The van der Waals surface area contributed by atoms with Gasteiger partial charge in [-0.1, -0.05) is 9.24 Å². The highest BCUT2D eigenvalue weighted by atomic mass is 32.1. The highest BCUT2D eigenvalue weighted by Crippen LogP contribution is 2.36. The summed E-state index contributed by atoms with van der Waals surface area (Å²) >= 11 is 0.597. The van der Waals surface area contributed by atoms with Crippen molar-refractivity contribution in [3.63, 3.8) is 0 Å². The van der Waals surface area contributed by atoms with Crippen molar-refractivity contribution in [2.75, 3.05) is 13.7 Å². The molecule has 1 amide bonds. The van der Waals surface area contributed by atoms with Crippen LogP contribution in [0.1, 0.15) is 21.1 Å². The molecule has 0 fully saturated rings. The Morgan fingerprint density at radius 2 is 2.13 bits per heavy atom. The molecule has 7 nitrogen and oxygen atoms in total. The smallest absolute Gasteiger partial charge is 0.443 e. The number of halogens is 3. The normalized spacial score (nSPS) is 14.5. The number of fused-ring (bicyclic) bond motifs is 2. The maximum absolute atomic E-state index is 12.9. The van der Waals surface area contributed by atoms with Gasteiger partial charge < -0.3 is 14.2 Å². The van der Waals surface area contributed by atoms with E-state index < -0.39 is 11.2 Å². The predicted octanol–water partition coefficient (Wildman–Crippen LogP) is 2.55. The first-order valence-electron chi connectivity index (χ1n) is 8.86. The van der Waals surface area contributed by atoms with Gasteiger partial charge >= 0.3 is 6.18 Å². The van der Waals surface area contributed by atoms with Gasteiger partial charge in [0.15, 0.2) is 5.01 Å². The average molecular weight is 455 g/mol. The molecular formula is C18H17F3N5O2PS. The molecule has 0 spiro atoms. The van der Waals surface area contributed by atoms with Crippen LogP contribution in [0.4, 0.5) is 13.2 Å². The molecule has 12 heteroatoms. The highest BCUT2D eigenvalue weighted by Gasteiger charge is 2.37. The van der Waals surface area contributed by atoms with Gasteiger partial charge in [-0.2, -0.15) is 13.2 Å². The van der Waals surface area contributed by atoms with Crippen LogP contribution in [0.25, 0.3) is 17.1 Å². The number of aromatic nitrogens is 4. The number of methoxy groups -OCH3 is 1. The van der Waals surface area contributed by atoms with E-state index in [1.807, 2.05) is 11.6 Å². The fraction of sp³-hybridized carbons (Fsp3) is 0.333. The summed E-state index contributed by atoms with van der Waals surface area (Å²) in [6.07, 6.45) is 0.293. The van der Waals surface area contributed by atoms with Crippen LogP contribution in [0.2, 0.25) is 0 Å². The van der Waals surface area contributed by atoms with Crippen molar-refractivity contribution in [1.82, 2.24) is 24.4 Å². The lowest BCUT2D eigenvalue weighted by molar-refractivity contribution is -0.137. The van der Waals surface area contributed by atoms with Crippen molar-refractivity contribution in [3.05, 3.63) is 33.5 Å². The second-order valence-corrected chi connectivity index (χ2v) is 8.30.